The van der Waals surface area contributed by atoms with Crippen molar-refractivity contribution in [3.05, 3.63) is 35.1 Å². The highest BCUT2D eigenvalue weighted by molar-refractivity contribution is 5.95. The van der Waals surface area contributed by atoms with Crippen molar-refractivity contribution in [1.29, 1.82) is 0 Å². The third-order valence-corrected chi connectivity index (χ3v) is 2.88. The molecule has 0 unspecified atom stereocenters. The van der Waals surface area contributed by atoms with Gasteiger partial charge in [-0.15, -0.1) is 0 Å². The second-order valence-corrected chi connectivity index (χ2v) is 5.96. The maximum atomic E-state index is 13.1. The lowest BCUT2D eigenvalue weighted by atomic mass is 10.1. The zero-order valence-electron chi connectivity index (χ0n) is 12.5. The van der Waals surface area contributed by atoms with Gasteiger partial charge in [-0.1, -0.05) is 27.7 Å². The lowest BCUT2D eigenvalue weighted by Crippen LogP contribution is -2.37. The third-order valence-electron chi connectivity index (χ3n) is 2.88. The molecule has 0 N–H and O–H groups in total. The van der Waals surface area contributed by atoms with Crippen molar-refractivity contribution in [2.75, 3.05) is 13.1 Å². The van der Waals surface area contributed by atoms with Crippen LogP contribution in [-0.2, 0) is 0 Å². The number of carbonyl (C=O) groups excluding carboxylic acids is 1. The van der Waals surface area contributed by atoms with Crippen LogP contribution in [0, 0.1) is 24.6 Å². The van der Waals surface area contributed by atoms with E-state index >= 15 is 0 Å². The molecule has 19 heavy (non-hydrogen) atoms. The number of amides is 1. The van der Waals surface area contributed by atoms with Crippen LogP contribution >= 0.6 is 0 Å². The van der Waals surface area contributed by atoms with Crippen LogP contribution in [0.4, 0.5) is 4.39 Å². The Hall–Kier alpha value is -1.38. The Morgan fingerprint density at radius 3 is 2.11 bits per heavy atom. The van der Waals surface area contributed by atoms with Gasteiger partial charge in [0.25, 0.3) is 5.91 Å². The van der Waals surface area contributed by atoms with Crippen LogP contribution in [0.1, 0.15) is 43.6 Å². The molecule has 0 heterocycles. The van der Waals surface area contributed by atoms with Gasteiger partial charge in [-0.2, -0.15) is 0 Å². The number of hydrogen-bond donors (Lipinski definition) is 0. The van der Waals surface area contributed by atoms with Gasteiger partial charge < -0.3 is 4.90 Å². The van der Waals surface area contributed by atoms with E-state index in [1.54, 1.807) is 13.0 Å². The van der Waals surface area contributed by atoms with E-state index < -0.39 is 0 Å². The van der Waals surface area contributed by atoms with Crippen LogP contribution in [0.25, 0.3) is 0 Å². The molecule has 0 saturated heterocycles. The number of halogens is 1. The highest BCUT2D eigenvalue weighted by Crippen LogP contribution is 2.15. The summed E-state index contributed by atoms with van der Waals surface area (Å²) in [5.41, 5.74) is 1.30. The highest BCUT2D eigenvalue weighted by atomic mass is 19.1. The van der Waals surface area contributed by atoms with E-state index in [2.05, 4.69) is 27.7 Å². The third kappa shape index (κ3) is 4.66. The summed E-state index contributed by atoms with van der Waals surface area (Å²) in [4.78, 5) is 14.4. The fourth-order valence-electron chi connectivity index (χ4n) is 2.16. The van der Waals surface area contributed by atoms with Crippen LogP contribution in [0.2, 0.25) is 0 Å². The predicted octanol–water partition coefficient (Wildman–Crippen LogP) is 3.89. The minimum Gasteiger partial charge on any atom is -0.338 e. The summed E-state index contributed by atoms with van der Waals surface area (Å²) in [6.45, 7) is 11.6. The molecule has 1 amide bonds. The quantitative estimate of drug-likeness (QED) is 0.791. The van der Waals surface area contributed by atoms with Gasteiger partial charge in [0.2, 0.25) is 0 Å². The normalized spacial score (nSPS) is 11.2. The van der Waals surface area contributed by atoms with Crippen LogP contribution < -0.4 is 0 Å². The Bertz CT molecular complexity index is 430. The van der Waals surface area contributed by atoms with E-state index in [1.807, 2.05) is 4.90 Å². The molecule has 0 saturated carbocycles. The van der Waals surface area contributed by atoms with E-state index in [9.17, 15) is 9.18 Å². The molecular formula is C16H24FNO. The molecule has 0 aromatic heterocycles. The summed E-state index contributed by atoms with van der Waals surface area (Å²) >= 11 is 0. The fraction of sp³-hybridized carbons (Fsp3) is 0.562. The monoisotopic (exact) mass is 265 g/mol. The molecule has 3 heteroatoms. The molecule has 0 bridgehead atoms. The Morgan fingerprint density at radius 1 is 1.16 bits per heavy atom. The van der Waals surface area contributed by atoms with Crippen molar-refractivity contribution in [3.63, 3.8) is 0 Å². The molecule has 0 aliphatic carbocycles. The summed E-state index contributed by atoms with van der Waals surface area (Å²) in [7, 11) is 0. The van der Waals surface area contributed by atoms with Crippen LogP contribution in [-0.4, -0.2) is 23.9 Å². The molecule has 0 spiro atoms. The number of nitrogens with zero attached hydrogens (tertiary/aromatic N) is 1. The minimum absolute atomic E-state index is 0.0000926. The van der Waals surface area contributed by atoms with E-state index in [0.717, 1.165) is 13.1 Å². The molecule has 106 valence electrons. The van der Waals surface area contributed by atoms with Crippen LogP contribution in [0.3, 0.4) is 0 Å². The van der Waals surface area contributed by atoms with E-state index in [4.69, 9.17) is 0 Å². The second kappa shape index (κ2) is 6.69. The van der Waals surface area contributed by atoms with Crippen LogP contribution in [0.5, 0.6) is 0 Å². The molecular weight excluding hydrogens is 241 g/mol. The Balaban J connectivity index is 2.97. The molecule has 0 aliphatic rings. The molecule has 0 radical (unpaired) electrons. The highest BCUT2D eigenvalue weighted by Gasteiger charge is 2.19. The summed E-state index contributed by atoms with van der Waals surface area (Å²) in [6.07, 6.45) is 0. The maximum Gasteiger partial charge on any atom is 0.254 e. The fourth-order valence-corrected chi connectivity index (χ4v) is 2.16. The number of carbonyl (C=O) groups is 1. The zero-order chi connectivity index (χ0) is 14.6. The van der Waals surface area contributed by atoms with E-state index in [1.165, 1.54) is 12.1 Å². The van der Waals surface area contributed by atoms with Crippen LogP contribution in [0.15, 0.2) is 18.2 Å². The van der Waals surface area contributed by atoms with Gasteiger partial charge in [0.05, 0.1) is 0 Å². The first-order chi connectivity index (χ1) is 8.81. The molecule has 1 aromatic rings. The van der Waals surface area contributed by atoms with Gasteiger partial charge in [-0.25, -0.2) is 4.39 Å². The molecule has 2 nitrogen and oxygen atoms in total. The molecule has 0 aliphatic heterocycles. The van der Waals surface area contributed by atoms with E-state index in [0.29, 0.717) is 23.0 Å². The van der Waals surface area contributed by atoms with Crippen molar-refractivity contribution in [2.45, 2.75) is 34.6 Å². The average Bonchev–Trinajstić information content (AvgIpc) is 2.26. The largest absolute Gasteiger partial charge is 0.338 e. The first-order valence-corrected chi connectivity index (χ1v) is 6.86. The Kier molecular flexibility index (Phi) is 5.52. The smallest absolute Gasteiger partial charge is 0.254 e. The summed E-state index contributed by atoms with van der Waals surface area (Å²) in [6, 6.07) is 4.35. The number of rotatable bonds is 5. The molecule has 0 atom stereocenters. The van der Waals surface area contributed by atoms with Gasteiger partial charge in [0, 0.05) is 18.7 Å². The van der Waals surface area contributed by atoms with Gasteiger partial charge >= 0.3 is 0 Å². The van der Waals surface area contributed by atoms with E-state index in [-0.39, 0.29) is 11.7 Å². The zero-order valence-corrected chi connectivity index (χ0v) is 12.5. The number of aryl methyl sites for hydroxylation is 1. The maximum absolute atomic E-state index is 13.1. The topological polar surface area (TPSA) is 20.3 Å². The first-order valence-electron chi connectivity index (χ1n) is 6.86. The van der Waals surface area contributed by atoms with Crippen molar-refractivity contribution < 1.29 is 9.18 Å². The van der Waals surface area contributed by atoms with Gasteiger partial charge in [0.15, 0.2) is 0 Å². The van der Waals surface area contributed by atoms with Crippen molar-refractivity contribution in [2.24, 2.45) is 11.8 Å². The average molecular weight is 265 g/mol. The minimum atomic E-state index is -0.298. The van der Waals surface area contributed by atoms with Crippen molar-refractivity contribution >= 4 is 5.91 Å². The second-order valence-electron chi connectivity index (χ2n) is 5.96. The number of benzene rings is 1. The molecule has 1 rings (SSSR count). The molecule has 1 aromatic carbocycles. The SMILES string of the molecule is Cc1cc(F)ccc1C(=O)N(CC(C)C)CC(C)C. The lowest BCUT2D eigenvalue weighted by Gasteiger charge is -2.27. The predicted molar refractivity (Wildman–Crippen MR) is 76.7 cm³/mol. The Labute approximate surface area is 115 Å². The number of hydrogen-bond acceptors (Lipinski definition) is 1. The summed E-state index contributed by atoms with van der Waals surface area (Å²) in [5, 5.41) is 0. The Morgan fingerprint density at radius 2 is 1.68 bits per heavy atom. The van der Waals surface area contributed by atoms with Gasteiger partial charge in [-0.3, -0.25) is 4.79 Å². The van der Waals surface area contributed by atoms with Gasteiger partial charge in [0.1, 0.15) is 5.82 Å². The summed E-state index contributed by atoms with van der Waals surface area (Å²) in [5.74, 6) is 0.542. The molecule has 0 fully saturated rings. The van der Waals surface area contributed by atoms with Gasteiger partial charge in [-0.05, 0) is 42.5 Å². The van der Waals surface area contributed by atoms with Crippen molar-refractivity contribution in [1.82, 2.24) is 4.90 Å². The van der Waals surface area contributed by atoms with Crippen molar-refractivity contribution in [3.8, 4) is 0 Å². The lowest BCUT2D eigenvalue weighted by molar-refractivity contribution is 0.0714. The summed E-state index contributed by atoms with van der Waals surface area (Å²) < 4.78 is 13.1. The standard InChI is InChI=1S/C16H24FNO/c1-11(2)9-18(10-12(3)4)16(19)15-7-6-14(17)8-13(15)5/h6-8,11-12H,9-10H2,1-5H3. The first kappa shape index (κ1) is 15.7.